The van der Waals surface area contributed by atoms with Gasteiger partial charge in [-0.1, -0.05) is 122 Å². The number of nitrogens with two attached hydrogens (primary N) is 1. The minimum atomic E-state index is -4.70. The molecule has 3 atom stereocenters. The zero-order valence-corrected chi connectivity index (χ0v) is 30.3. The molecule has 0 aliphatic rings. The van der Waals surface area contributed by atoms with Crippen LogP contribution in [0.3, 0.4) is 0 Å². The maximum Gasteiger partial charge on any atom is 0.472 e. The average molecular weight is 692 g/mol. The topological polar surface area (TPSA) is 172 Å². The van der Waals surface area contributed by atoms with Gasteiger partial charge < -0.3 is 25.2 Å². The SMILES string of the molecule is CCCCCCCC/C=C/CCCCCCCC(=O)OC[C@@H](COP(=O)(O)OC[C@@H](N)C(=O)O)OC(=O)CCCCCCCCCC. The molecule has 0 saturated carbocycles. The summed E-state index contributed by atoms with van der Waals surface area (Å²) < 4.78 is 32.4. The van der Waals surface area contributed by atoms with Gasteiger partial charge in [0.2, 0.25) is 0 Å². The van der Waals surface area contributed by atoms with Crippen molar-refractivity contribution in [3.63, 3.8) is 0 Å². The number of carboxylic acid groups (broad SMARTS) is 1. The quantitative estimate of drug-likeness (QED) is 0.0255. The third-order valence-corrected chi connectivity index (χ3v) is 8.71. The lowest BCUT2D eigenvalue weighted by molar-refractivity contribution is -0.161. The van der Waals surface area contributed by atoms with Crippen LogP contribution in [-0.4, -0.2) is 59.9 Å². The number of rotatable bonds is 34. The molecule has 0 bridgehead atoms. The summed E-state index contributed by atoms with van der Waals surface area (Å²) in [4.78, 5) is 45.5. The van der Waals surface area contributed by atoms with Crippen LogP contribution in [0.1, 0.15) is 162 Å². The summed E-state index contributed by atoms with van der Waals surface area (Å²) in [5, 5.41) is 8.83. The molecule has 4 N–H and O–H groups in total. The third-order valence-electron chi connectivity index (χ3n) is 7.76. The molecule has 0 aromatic rings. The Hall–Kier alpha value is -1.78. The molecule has 1 unspecified atom stereocenters. The molecule has 0 heterocycles. The van der Waals surface area contributed by atoms with Crippen LogP contribution in [0.5, 0.6) is 0 Å². The van der Waals surface area contributed by atoms with E-state index in [1.165, 1.54) is 64.2 Å². The van der Waals surface area contributed by atoms with Gasteiger partial charge in [0.25, 0.3) is 0 Å². The van der Waals surface area contributed by atoms with Crippen LogP contribution in [0, 0.1) is 0 Å². The van der Waals surface area contributed by atoms with E-state index in [9.17, 15) is 23.8 Å². The largest absolute Gasteiger partial charge is 0.480 e. The summed E-state index contributed by atoms with van der Waals surface area (Å²) in [6.45, 7) is 2.73. The Bertz CT molecular complexity index is 869. The Balaban J connectivity index is 4.40. The molecule has 0 aromatic heterocycles. The Morgan fingerprint density at radius 1 is 0.638 bits per heavy atom. The second-order valence-corrected chi connectivity index (χ2v) is 13.8. The number of carbonyl (C=O) groups excluding carboxylic acids is 2. The Morgan fingerprint density at radius 3 is 1.55 bits per heavy atom. The first-order valence-corrected chi connectivity index (χ1v) is 19.7. The van der Waals surface area contributed by atoms with E-state index < -0.39 is 51.1 Å². The Kier molecular flexibility index (Phi) is 30.3. The summed E-state index contributed by atoms with van der Waals surface area (Å²) in [7, 11) is -4.70. The number of esters is 2. The molecule has 0 aliphatic heterocycles. The first-order valence-electron chi connectivity index (χ1n) is 18.2. The van der Waals surface area contributed by atoms with Gasteiger partial charge in [-0.15, -0.1) is 0 Å². The Morgan fingerprint density at radius 2 is 1.06 bits per heavy atom. The fourth-order valence-electron chi connectivity index (χ4n) is 4.82. The van der Waals surface area contributed by atoms with E-state index in [2.05, 4.69) is 30.5 Å². The second kappa shape index (κ2) is 31.5. The minimum Gasteiger partial charge on any atom is -0.480 e. The van der Waals surface area contributed by atoms with E-state index in [0.29, 0.717) is 12.8 Å². The van der Waals surface area contributed by atoms with E-state index in [0.717, 1.165) is 57.8 Å². The van der Waals surface area contributed by atoms with E-state index in [4.69, 9.17) is 24.8 Å². The fourth-order valence-corrected chi connectivity index (χ4v) is 5.60. The maximum atomic E-state index is 12.4. The molecule has 0 fully saturated rings. The van der Waals surface area contributed by atoms with E-state index >= 15 is 0 Å². The van der Waals surface area contributed by atoms with Gasteiger partial charge in [0.1, 0.15) is 12.6 Å². The number of phosphoric ester groups is 1. The van der Waals surface area contributed by atoms with E-state index in [1.807, 2.05) is 0 Å². The van der Waals surface area contributed by atoms with Gasteiger partial charge in [0.15, 0.2) is 6.10 Å². The van der Waals surface area contributed by atoms with Crippen molar-refractivity contribution in [2.75, 3.05) is 19.8 Å². The highest BCUT2D eigenvalue weighted by molar-refractivity contribution is 7.47. The summed E-state index contributed by atoms with van der Waals surface area (Å²) in [6.07, 6.45) is 27.3. The van der Waals surface area contributed by atoms with Crippen LogP contribution in [-0.2, 0) is 37.5 Å². The number of hydrogen-bond acceptors (Lipinski definition) is 9. The molecule has 47 heavy (non-hydrogen) atoms. The van der Waals surface area contributed by atoms with E-state index in [-0.39, 0.29) is 19.4 Å². The van der Waals surface area contributed by atoms with E-state index in [1.54, 1.807) is 0 Å². The highest BCUT2D eigenvalue weighted by Crippen LogP contribution is 2.43. The van der Waals surface area contributed by atoms with Crippen molar-refractivity contribution in [2.45, 2.75) is 174 Å². The third kappa shape index (κ3) is 31.3. The maximum absolute atomic E-state index is 12.4. The molecule has 11 nitrogen and oxygen atoms in total. The van der Waals surface area contributed by atoms with Crippen LogP contribution in [0.2, 0.25) is 0 Å². The van der Waals surface area contributed by atoms with Gasteiger partial charge in [0.05, 0.1) is 13.2 Å². The normalized spacial score (nSPS) is 14.1. The summed E-state index contributed by atoms with van der Waals surface area (Å²) in [6, 6.07) is -1.52. The summed E-state index contributed by atoms with van der Waals surface area (Å²) in [5.74, 6) is -2.39. The van der Waals surface area contributed by atoms with Crippen molar-refractivity contribution < 1.29 is 47.5 Å². The standard InChI is InChI=1S/C35H66NO10P/c1-3-5-7-9-11-13-14-15-16-17-18-19-21-22-24-26-33(37)43-28-31(29-44-47(41,42)45-30-32(36)35(39)40)46-34(38)27-25-23-20-12-10-8-6-4-2/h15-16,31-32H,3-14,17-30,36H2,1-2H3,(H,39,40)(H,41,42)/b16-15+/t31-,32+/m0/s1. The van der Waals surface area contributed by atoms with Crippen LogP contribution in [0.25, 0.3) is 0 Å². The molecule has 0 saturated heterocycles. The summed E-state index contributed by atoms with van der Waals surface area (Å²) in [5.41, 5.74) is 5.30. The highest BCUT2D eigenvalue weighted by atomic mass is 31.2. The first kappa shape index (κ1) is 45.2. The molecular formula is C35H66NO10P. The number of phosphoric acid groups is 1. The molecule has 0 spiro atoms. The Labute approximate surface area is 284 Å². The number of hydrogen-bond donors (Lipinski definition) is 3. The van der Waals surface area contributed by atoms with Crippen LogP contribution in [0.15, 0.2) is 12.2 Å². The molecular weight excluding hydrogens is 625 g/mol. The van der Waals surface area contributed by atoms with Crippen molar-refractivity contribution in [3.8, 4) is 0 Å². The van der Waals surface area contributed by atoms with Gasteiger partial charge in [-0.2, -0.15) is 0 Å². The zero-order chi connectivity index (χ0) is 35.0. The van der Waals surface area contributed by atoms with Crippen molar-refractivity contribution in [1.82, 2.24) is 0 Å². The monoisotopic (exact) mass is 691 g/mol. The van der Waals surface area contributed by atoms with Crippen molar-refractivity contribution in [2.24, 2.45) is 5.73 Å². The second-order valence-electron chi connectivity index (χ2n) is 12.4. The number of carboxylic acids is 1. The highest BCUT2D eigenvalue weighted by Gasteiger charge is 2.28. The lowest BCUT2D eigenvalue weighted by Crippen LogP contribution is -2.34. The van der Waals surface area contributed by atoms with Gasteiger partial charge in [-0.3, -0.25) is 23.4 Å². The van der Waals surface area contributed by atoms with Crippen LogP contribution in [0.4, 0.5) is 0 Å². The smallest absolute Gasteiger partial charge is 0.472 e. The number of unbranched alkanes of at least 4 members (excludes halogenated alkanes) is 18. The van der Waals surface area contributed by atoms with Gasteiger partial charge in [-0.05, 0) is 38.5 Å². The van der Waals surface area contributed by atoms with Crippen molar-refractivity contribution in [3.05, 3.63) is 12.2 Å². The predicted molar refractivity (Wildman–Crippen MR) is 185 cm³/mol. The number of ether oxygens (including phenoxy) is 2. The van der Waals surface area contributed by atoms with Gasteiger partial charge in [0, 0.05) is 12.8 Å². The number of allylic oxidation sites excluding steroid dienone is 2. The van der Waals surface area contributed by atoms with Crippen molar-refractivity contribution >= 4 is 25.7 Å². The fraction of sp³-hybridized carbons (Fsp3) is 0.857. The first-order chi connectivity index (χ1) is 22.6. The number of aliphatic carboxylic acids is 1. The van der Waals surface area contributed by atoms with Crippen molar-refractivity contribution in [1.29, 1.82) is 0 Å². The molecule has 0 amide bonds. The van der Waals surface area contributed by atoms with Gasteiger partial charge >= 0.3 is 25.7 Å². The molecule has 12 heteroatoms. The van der Waals surface area contributed by atoms with Gasteiger partial charge in [-0.25, -0.2) is 4.57 Å². The van der Waals surface area contributed by atoms with Crippen LogP contribution < -0.4 is 5.73 Å². The lowest BCUT2D eigenvalue weighted by Gasteiger charge is -2.20. The lowest BCUT2D eigenvalue weighted by atomic mass is 10.1. The molecule has 0 aromatic carbocycles. The molecule has 0 rings (SSSR count). The predicted octanol–water partition coefficient (Wildman–Crippen LogP) is 8.56. The van der Waals surface area contributed by atoms with Crippen LogP contribution >= 0.6 is 7.82 Å². The molecule has 0 radical (unpaired) electrons. The molecule has 276 valence electrons. The molecule has 0 aliphatic carbocycles. The summed E-state index contributed by atoms with van der Waals surface area (Å²) >= 11 is 0. The average Bonchev–Trinajstić information content (AvgIpc) is 3.04. The zero-order valence-electron chi connectivity index (χ0n) is 29.4. The minimum absolute atomic E-state index is 0.162. The number of carbonyl (C=O) groups is 3.